The average molecular weight is 375 g/mol. The first-order valence-corrected chi connectivity index (χ1v) is 10.8. The molecule has 3 rings (SSSR count). The molecule has 4 nitrogen and oxygen atoms in total. The van der Waals surface area contributed by atoms with Crippen LogP contribution in [0.1, 0.15) is 96.8 Å². The van der Waals surface area contributed by atoms with Crippen molar-refractivity contribution in [3.05, 3.63) is 34.3 Å². The minimum absolute atomic E-state index is 0.162. The zero-order valence-electron chi connectivity index (χ0n) is 16.7. The highest BCUT2D eigenvalue weighted by Crippen LogP contribution is 2.44. The number of ketones is 1. The van der Waals surface area contributed by atoms with Crippen molar-refractivity contribution in [2.45, 2.75) is 103 Å². The fourth-order valence-electron chi connectivity index (χ4n) is 4.42. The largest absolute Gasteiger partial charge is 0.504 e. The molecule has 0 fully saturated rings. The van der Waals surface area contributed by atoms with Gasteiger partial charge in [0.1, 0.15) is 5.76 Å². The van der Waals surface area contributed by atoms with Gasteiger partial charge in [0.2, 0.25) is 11.6 Å². The van der Waals surface area contributed by atoms with Crippen LogP contribution in [0, 0.1) is 0 Å². The van der Waals surface area contributed by atoms with Crippen LogP contribution in [0.15, 0.2) is 34.3 Å². The Bertz CT molecular complexity index is 655. The number of aliphatic hydroxyl groups excluding tert-OH is 1. The minimum atomic E-state index is -1.35. The molecule has 0 saturated heterocycles. The number of allylic oxidation sites excluding steroid dienone is 2. The number of hydrogen-bond acceptors (Lipinski definition) is 4. The Kier molecular flexibility index (Phi) is 6.80. The number of carbonyl (C=O) groups is 1. The van der Waals surface area contributed by atoms with Gasteiger partial charge in [-0.25, -0.2) is 0 Å². The lowest BCUT2D eigenvalue weighted by molar-refractivity contribution is -0.132. The molecule has 1 atom stereocenters. The van der Waals surface area contributed by atoms with Crippen LogP contribution in [0.5, 0.6) is 0 Å². The van der Waals surface area contributed by atoms with E-state index in [9.17, 15) is 15.0 Å². The second-order valence-corrected chi connectivity index (χ2v) is 8.36. The SMILES string of the molecule is CC1=C2OC3(O)C=C2C(=C(O)C1=O)CCCCCCCCCCCCCC3. The molecule has 0 aromatic carbocycles. The van der Waals surface area contributed by atoms with Gasteiger partial charge in [-0.15, -0.1) is 0 Å². The Morgan fingerprint density at radius 2 is 1.41 bits per heavy atom. The Morgan fingerprint density at radius 1 is 0.889 bits per heavy atom. The topological polar surface area (TPSA) is 66.8 Å². The molecule has 0 aromatic rings. The maximum absolute atomic E-state index is 12.4. The van der Waals surface area contributed by atoms with Gasteiger partial charge >= 0.3 is 0 Å². The van der Waals surface area contributed by atoms with Gasteiger partial charge in [-0.05, 0) is 32.3 Å². The number of ether oxygens (including phenoxy) is 1. The van der Waals surface area contributed by atoms with E-state index in [-0.39, 0.29) is 11.5 Å². The molecule has 0 aromatic heterocycles. The van der Waals surface area contributed by atoms with E-state index in [1.165, 1.54) is 51.4 Å². The summed E-state index contributed by atoms with van der Waals surface area (Å²) in [4.78, 5) is 12.4. The number of hydrogen-bond donors (Lipinski definition) is 2. The molecule has 2 N–H and O–H groups in total. The summed E-state index contributed by atoms with van der Waals surface area (Å²) >= 11 is 0. The second-order valence-electron chi connectivity index (χ2n) is 8.36. The van der Waals surface area contributed by atoms with Gasteiger partial charge in [0.25, 0.3) is 0 Å². The van der Waals surface area contributed by atoms with E-state index >= 15 is 0 Å². The van der Waals surface area contributed by atoms with Crippen molar-refractivity contribution >= 4 is 5.78 Å². The van der Waals surface area contributed by atoms with Crippen LogP contribution in [0.3, 0.4) is 0 Å². The van der Waals surface area contributed by atoms with Crippen LogP contribution >= 0.6 is 0 Å². The predicted molar refractivity (Wildman–Crippen MR) is 106 cm³/mol. The highest BCUT2D eigenvalue weighted by atomic mass is 16.6. The molecule has 0 amide bonds. The number of carbonyl (C=O) groups excluding carboxylic acids is 1. The van der Waals surface area contributed by atoms with Crippen LogP contribution in [0.25, 0.3) is 0 Å². The number of fused-ring (bicyclic) bond motifs is 1. The third-order valence-electron chi connectivity index (χ3n) is 6.11. The van der Waals surface area contributed by atoms with Gasteiger partial charge in [-0.1, -0.05) is 64.2 Å². The van der Waals surface area contributed by atoms with E-state index < -0.39 is 5.79 Å². The molecular formula is C23H34O4. The Morgan fingerprint density at radius 3 is 2.00 bits per heavy atom. The van der Waals surface area contributed by atoms with E-state index in [1.54, 1.807) is 13.0 Å². The van der Waals surface area contributed by atoms with Gasteiger partial charge in [-0.2, -0.15) is 0 Å². The van der Waals surface area contributed by atoms with Crippen molar-refractivity contribution in [3.8, 4) is 0 Å². The summed E-state index contributed by atoms with van der Waals surface area (Å²) in [7, 11) is 0. The molecule has 3 aliphatic rings. The monoisotopic (exact) mass is 374 g/mol. The Labute approximate surface area is 163 Å². The van der Waals surface area contributed by atoms with Crippen molar-refractivity contribution in [1.82, 2.24) is 0 Å². The highest BCUT2D eigenvalue weighted by Gasteiger charge is 2.42. The van der Waals surface area contributed by atoms with E-state index in [0.717, 1.165) is 31.3 Å². The van der Waals surface area contributed by atoms with Gasteiger partial charge < -0.3 is 14.9 Å². The van der Waals surface area contributed by atoms with Gasteiger partial charge in [-0.3, -0.25) is 4.79 Å². The molecule has 1 unspecified atom stereocenters. The summed E-state index contributed by atoms with van der Waals surface area (Å²) in [6.07, 6.45) is 17.1. The lowest BCUT2D eigenvalue weighted by Crippen LogP contribution is -2.26. The molecule has 1 aliphatic heterocycles. The molecular weight excluding hydrogens is 340 g/mol. The number of Topliss-reactive ketones (excluding diaryl/α,β-unsaturated/α-hetero) is 1. The fraction of sp³-hybridized carbons (Fsp3) is 0.696. The fourth-order valence-corrected chi connectivity index (χ4v) is 4.42. The van der Waals surface area contributed by atoms with Crippen LogP contribution in [0.2, 0.25) is 0 Å². The Balaban J connectivity index is 1.77. The van der Waals surface area contributed by atoms with Crippen molar-refractivity contribution < 1.29 is 19.7 Å². The smallest absolute Gasteiger partial charge is 0.229 e. The molecule has 4 heteroatoms. The highest BCUT2D eigenvalue weighted by molar-refractivity contribution is 6.09. The van der Waals surface area contributed by atoms with E-state index in [4.69, 9.17) is 4.74 Å². The third-order valence-corrected chi connectivity index (χ3v) is 6.11. The summed E-state index contributed by atoms with van der Waals surface area (Å²) in [6.45, 7) is 1.67. The molecule has 1 heterocycles. The maximum Gasteiger partial charge on any atom is 0.229 e. The summed E-state index contributed by atoms with van der Waals surface area (Å²) < 4.78 is 5.86. The lowest BCUT2D eigenvalue weighted by Gasteiger charge is -2.23. The second kappa shape index (κ2) is 9.09. The van der Waals surface area contributed by atoms with Crippen molar-refractivity contribution in [2.24, 2.45) is 0 Å². The van der Waals surface area contributed by atoms with Crippen LogP contribution in [-0.2, 0) is 9.53 Å². The van der Waals surface area contributed by atoms with E-state index in [2.05, 4.69) is 0 Å². The average Bonchev–Trinajstić information content (AvgIpc) is 3.00. The molecule has 2 bridgehead atoms. The first-order chi connectivity index (χ1) is 13.0. The normalized spacial score (nSPS) is 29.1. The van der Waals surface area contributed by atoms with Gasteiger partial charge in [0.15, 0.2) is 5.76 Å². The molecule has 0 spiro atoms. The van der Waals surface area contributed by atoms with Crippen molar-refractivity contribution in [1.29, 1.82) is 0 Å². The summed E-state index contributed by atoms with van der Waals surface area (Å²) in [5.41, 5.74) is 1.77. The van der Waals surface area contributed by atoms with Crippen LogP contribution < -0.4 is 0 Å². The summed E-state index contributed by atoms with van der Waals surface area (Å²) in [5, 5.41) is 21.3. The van der Waals surface area contributed by atoms with Gasteiger partial charge in [0.05, 0.1) is 0 Å². The molecule has 27 heavy (non-hydrogen) atoms. The number of rotatable bonds is 0. The Hall–Kier alpha value is -1.55. The van der Waals surface area contributed by atoms with Crippen molar-refractivity contribution in [2.75, 3.05) is 0 Å². The quantitative estimate of drug-likeness (QED) is 0.564. The lowest BCUT2D eigenvalue weighted by atomic mass is 9.87. The number of aliphatic hydroxyl groups is 2. The molecule has 2 aliphatic carbocycles. The summed E-state index contributed by atoms with van der Waals surface area (Å²) in [5.74, 6) is -1.42. The first kappa shape index (κ1) is 20.2. The van der Waals surface area contributed by atoms with Gasteiger partial charge in [0, 0.05) is 23.1 Å². The van der Waals surface area contributed by atoms with E-state index in [0.29, 0.717) is 29.7 Å². The molecule has 0 radical (unpaired) electrons. The zero-order valence-corrected chi connectivity index (χ0v) is 16.7. The van der Waals surface area contributed by atoms with E-state index in [1.807, 2.05) is 0 Å². The first-order valence-electron chi connectivity index (χ1n) is 10.8. The minimum Gasteiger partial charge on any atom is -0.504 e. The maximum atomic E-state index is 12.4. The standard InChI is InChI=1S/C23H34O4/c1-17-20(24)21(25)18-14-12-10-8-6-4-2-3-5-7-9-11-13-15-23(26)16-19(18)22(17)27-23/h16,25-26H,2-15H2,1H3. The zero-order chi connectivity index (χ0) is 19.3. The van der Waals surface area contributed by atoms with Crippen molar-refractivity contribution in [3.63, 3.8) is 0 Å². The van der Waals surface area contributed by atoms with Crippen LogP contribution in [-0.4, -0.2) is 21.8 Å². The molecule has 0 saturated carbocycles. The van der Waals surface area contributed by atoms with Crippen LogP contribution in [0.4, 0.5) is 0 Å². The third kappa shape index (κ3) is 4.84. The summed E-state index contributed by atoms with van der Waals surface area (Å²) in [6, 6.07) is 0. The predicted octanol–water partition coefficient (Wildman–Crippen LogP) is 5.78. The molecule has 150 valence electrons.